The van der Waals surface area contributed by atoms with Gasteiger partial charge in [-0.15, -0.1) is 0 Å². The molecule has 1 atom stereocenters. The Labute approximate surface area is 164 Å². The second-order valence-electron chi connectivity index (χ2n) is 8.25. The predicted molar refractivity (Wildman–Crippen MR) is 112 cm³/mol. The van der Waals surface area contributed by atoms with Crippen molar-refractivity contribution in [3.63, 3.8) is 0 Å². The second-order valence-corrected chi connectivity index (χ2v) is 8.25. The molecule has 0 aliphatic heterocycles. The van der Waals surface area contributed by atoms with Crippen molar-refractivity contribution in [2.45, 2.75) is 142 Å². The van der Waals surface area contributed by atoms with E-state index < -0.39 is 5.97 Å². The first kappa shape index (κ1) is 25.5. The first-order chi connectivity index (χ1) is 12.7. The van der Waals surface area contributed by atoms with E-state index in [1.165, 1.54) is 103 Å². The maximum Gasteiger partial charge on any atom is 0.0445 e. The van der Waals surface area contributed by atoms with Crippen LogP contribution in [-0.4, -0.2) is 5.97 Å². The summed E-state index contributed by atoms with van der Waals surface area (Å²) in [5.74, 6) is -1.03. The van der Waals surface area contributed by atoms with Crippen LogP contribution >= 0.6 is 0 Å². The number of hydrogen-bond acceptors (Lipinski definition) is 2. The Morgan fingerprint density at radius 2 is 0.808 bits per heavy atom. The summed E-state index contributed by atoms with van der Waals surface area (Å²) in [7, 11) is 0. The summed E-state index contributed by atoms with van der Waals surface area (Å²) in [5, 5.41) is 11.2. The molecular formula is C24H47O2-. The minimum atomic E-state index is -0.823. The summed E-state index contributed by atoms with van der Waals surface area (Å²) in [5.41, 5.74) is 0. The van der Waals surface area contributed by atoms with Gasteiger partial charge in [0.2, 0.25) is 0 Å². The smallest absolute Gasteiger partial charge is 0.0445 e. The van der Waals surface area contributed by atoms with Crippen LogP contribution in [0, 0.1) is 5.92 Å². The molecule has 0 aliphatic carbocycles. The van der Waals surface area contributed by atoms with E-state index in [1.807, 2.05) is 0 Å². The number of carboxylic acids is 1. The van der Waals surface area contributed by atoms with Gasteiger partial charge in [0.1, 0.15) is 0 Å². The van der Waals surface area contributed by atoms with E-state index in [4.69, 9.17) is 0 Å². The maximum absolute atomic E-state index is 11.2. The molecule has 0 bridgehead atoms. The van der Waals surface area contributed by atoms with Crippen LogP contribution in [0.4, 0.5) is 0 Å². The molecule has 0 heterocycles. The van der Waals surface area contributed by atoms with Crippen LogP contribution in [0.3, 0.4) is 0 Å². The number of carboxylic acid groups (broad SMARTS) is 1. The van der Waals surface area contributed by atoms with Gasteiger partial charge in [-0.25, -0.2) is 0 Å². The third-order valence-electron chi connectivity index (χ3n) is 5.65. The van der Waals surface area contributed by atoms with E-state index in [1.54, 1.807) is 0 Å². The topological polar surface area (TPSA) is 40.1 Å². The molecule has 0 spiro atoms. The largest absolute Gasteiger partial charge is 0.550 e. The van der Waals surface area contributed by atoms with E-state index in [0.717, 1.165) is 25.7 Å². The van der Waals surface area contributed by atoms with Gasteiger partial charge in [0.15, 0.2) is 0 Å². The predicted octanol–water partition coefficient (Wildman–Crippen LogP) is 7.19. The van der Waals surface area contributed by atoms with Crippen LogP contribution in [-0.2, 0) is 4.79 Å². The highest BCUT2D eigenvalue weighted by molar-refractivity contribution is 5.67. The SMILES string of the molecule is CCCCCCCCCCCCCCCCC(CCCCCC)C(=O)[O-]. The lowest BCUT2D eigenvalue weighted by atomic mass is 9.94. The van der Waals surface area contributed by atoms with E-state index in [-0.39, 0.29) is 5.92 Å². The fraction of sp³-hybridized carbons (Fsp3) is 0.958. The Balaban J connectivity index is 3.33. The van der Waals surface area contributed by atoms with Gasteiger partial charge in [-0.1, -0.05) is 129 Å². The van der Waals surface area contributed by atoms with Crippen molar-refractivity contribution in [3.8, 4) is 0 Å². The van der Waals surface area contributed by atoms with Gasteiger partial charge in [-0.05, 0) is 18.8 Å². The van der Waals surface area contributed by atoms with Gasteiger partial charge in [-0.2, -0.15) is 0 Å². The molecule has 0 aromatic rings. The summed E-state index contributed by atoms with van der Waals surface area (Å²) in [6, 6.07) is 0. The highest BCUT2D eigenvalue weighted by Gasteiger charge is 2.09. The number of hydrogen-bond donors (Lipinski definition) is 0. The molecule has 1 unspecified atom stereocenters. The van der Waals surface area contributed by atoms with Crippen LogP contribution < -0.4 is 5.11 Å². The maximum atomic E-state index is 11.2. The second kappa shape index (κ2) is 20.8. The van der Waals surface area contributed by atoms with Crippen molar-refractivity contribution in [1.82, 2.24) is 0 Å². The minimum absolute atomic E-state index is 0.204. The third-order valence-corrected chi connectivity index (χ3v) is 5.65. The van der Waals surface area contributed by atoms with Gasteiger partial charge in [0.05, 0.1) is 0 Å². The Morgan fingerprint density at radius 3 is 1.12 bits per heavy atom. The van der Waals surface area contributed by atoms with E-state index in [0.29, 0.717) is 0 Å². The summed E-state index contributed by atoms with van der Waals surface area (Å²) >= 11 is 0. The number of aliphatic carboxylic acids is 1. The minimum Gasteiger partial charge on any atom is -0.550 e. The van der Waals surface area contributed by atoms with Crippen molar-refractivity contribution < 1.29 is 9.90 Å². The Kier molecular flexibility index (Phi) is 20.4. The van der Waals surface area contributed by atoms with E-state index in [9.17, 15) is 9.90 Å². The molecule has 0 aromatic carbocycles. The monoisotopic (exact) mass is 367 g/mol. The van der Waals surface area contributed by atoms with Crippen LogP contribution in [0.2, 0.25) is 0 Å². The van der Waals surface area contributed by atoms with Crippen molar-refractivity contribution in [2.75, 3.05) is 0 Å². The van der Waals surface area contributed by atoms with Gasteiger partial charge in [0.25, 0.3) is 0 Å². The molecule has 2 nitrogen and oxygen atoms in total. The molecule has 0 saturated carbocycles. The molecule has 0 saturated heterocycles. The zero-order valence-electron chi connectivity index (χ0n) is 18.0. The van der Waals surface area contributed by atoms with Gasteiger partial charge in [0, 0.05) is 5.97 Å². The lowest BCUT2D eigenvalue weighted by Gasteiger charge is -2.17. The molecule has 0 N–H and O–H groups in total. The average Bonchev–Trinajstić information content (AvgIpc) is 2.63. The van der Waals surface area contributed by atoms with Gasteiger partial charge < -0.3 is 9.90 Å². The fourth-order valence-electron chi connectivity index (χ4n) is 3.78. The third kappa shape index (κ3) is 18.3. The van der Waals surface area contributed by atoms with Gasteiger partial charge in [-0.3, -0.25) is 0 Å². The normalized spacial score (nSPS) is 12.4. The van der Waals surface area contributed by atoms with Crippen molar-refractivity contribution in [3.05, 3.63) is 0 Å². The zero-order chi connectivity index (χ0) is 19.3. The van der Waals surface area contributed by atoms with Crippen molar-refractivity contribution >= 4 is 5.97 Å². The quantitative estimate of drug-likeness (QED) is 0.201. The van der Waals surface area contributed by atoms with Crippen molar-refractivity contribution in [2.24, 2.45) is 5.92 Å². The van der Waals surface area contributed by atoms with Crippen LogP contribution in [0.1, 0.15) is 142 Å². The van der Waals surface area contributed by atoms with Gasteiger partial charge >= 0.3 is 0 Å². The summed E-state index contributed by atoms with van der Waals surface area (Å²) < 4.78 is 0. The number of carbonyl (C=O) groups excluding carboxylic acids is 1. The highest BCUT2D eigenvalue weighted by atomic mass is 16.4. The van der Waals surface area contributed by atoms with Crippen LogP contribution in [0.15, 0.2) is 0 Å². The number of rotatable bonds is 21. The molecule has 26 heavy (non-hydrogen) atoms. The standard InChI is InChI=1S/C24H48O2/c1-3-5-7-9-10-11-12-13-14-15-16-17-18-20-22-23(24(25)26)21-19-8-6-4-2/h23H,3-22H2,1-2H3,(H,25,26)/p-1. The lowest BCUT2D eigenvalue weighted by Crippen LogP contribution is -2.31. The molecule has 0 rings (SSSR count). The first-order valence-corrected chi connectivity index (χ1v) is 11.9. The van der Waals surface area contributed by atoms with Crippen LogP contribution in [0.5, 0.6) is 0 Å². The Hall–Kier alpha value is -0.530. The lowest BCUT2D eigenvalue weighted by molar-refractivity contribution is -0.312. The van der Waals surface area contributed by atoms with Crippen molar-refractivity contribution in [1.29, 1.82) is 0 Å². The first-order valence-electron chi connectivity index (χ1n) is 11.9. The molecule has 0 aromatic heterocycles. The van der Waals surface area contributed by atoms with Crippen LogP contribution in [0.25, 0.3) is 0 Å². The summed E-state index contributed by atoms with van der Waals surface area (Å²) in [6.07, 6.45) is 25.1. The fourth-order valence-corrected chi connectivity index (χ4v) is 3.78. The average molecular weight is 368 g/mol. The molecular weight excluding hydrogens is 320 g/mol. The molecule has 0 radical (unpaired) electrons. The molecule has 156 valence electrons. The molecule has 0 aliphatic rings. The van der Waals surface area contributed by atoms with E-state index in [2.05, 4.69) is 13.8 Å². The molecule has 0 amide bonds. The number of carbonyl (C=O) groups is 1. The summed E-state index contributed by atoms with van der Waals surface area (Å²) in [6.45, 7) is 4.46. The zero-order valence-corrected chi connectivity index (χ0v) is 18.0. The summed E-state index contributed by atoms with van der Waals surface area (Å²) in [4.78, 5) is 11.2. The highest BCUT2D eigenvalue weighted by Crippen LogP contribution is 2.19. The molecule has 2 heteroatoms. The van der Waals surface area contributed by atoms with E-state index >= 15 is 0 Å². The molecule has 0 fully saturated rings. The number of unbranched alkanes of at least 4 members (excludes halogenated alkanes) is 16. The Morgan fingerprint density at radius 1 is 0.538 bits per heavy atom. The Bertz CT molecular complexity index is 288.